The predicted octanol–water partition coefficient (Wildman–Crippen LogP) is 2.22. The van der Waals surface area contributed by atoms with E-state index in [1.807, 2.05) is 0 Å². The first-order chi connectivity index (χ1) is 12.0. The first kappa shape index (κ1) is 16.5. The number of amides is 1. The van der Waals surface area contributed by atoms with Gasteiger partial charge in [0.05, 0.1) is 4.90 Å². The molecule has 1 aliphatic carbocycles. The zero-order valence-electron chi connectivity index (χ0n) is 13.7. The number of sulfonamides is 1. The number of fused-ring (bicyclic) bond motifs is 1. The monoisotopic (exact) mass is 362 g/mol. The highest BCUT2D eigenvalue weighted by Gasteiger charge is 2.37. The summed E-state index contributed by atoms with van der Waals surface area (Å²) in [6.07, 6.45) is 1.89. The highest BCUT2D eigenvalue weighted by molar-refractivity contribution is 7.89. The van der Waals surface area contributed by atoms with Gasteiger partial charge >= 0.3 is 0 Å². The molecule has 2 aromatic rings. The second-order valence-corrected chi connectivity index (χ2v) is 8.50. The fourth-order valence-corrected chi connectivity index (χ4v) is 4.95. The van der Waals surface area contributed by atoms with Crippen LogP contribution in [-0.4, -0.2) is 49.7 Å². The predicted molar refractivity (Wildman–Crippen MR) is 92.0 cm³/mol. The fourth-order valence-electron chi connectivity index (χ4n) is 3.34. The largest absolute Gasteiger partial charge is 0.340 e. The van der Waals surface area contributed by atoms with Crippen LogP contribution in [0, 0.1) is 11.7 Å². The van der Waals surface area contributed by atoms with Crippen molar-refractivity contribution in [3.63, 3.8) is 0 Å². The number of piperazine rings is 1. The van der Waals surface area contributed by atoms with Gasteiger partial charge in [-0.25, -0.2) is 12.8 Å². The Morgan fingerprint density at radius 1 is 0.960 bits per heavy atom. The minimum Gasteiger partial charge on any atom is -0.340 e. The lowest BCUT2D eigenvalue weighted by atomic mass is 10.1. The van der Waals surface area contributed by atoms with E-state index in [1.165, 1.54) is 16.4 Å². The second-order valence-electron chi connectivity index (χ2n) is 6.59. The smallest absolute Gasteiger partial charge is 0.243 e. The van der Waals surface area contributed by atoms with Crippen LogP contribution in [0.2, 0.25) is 0 Å². The summed E-state index contributed by atoms with van der Waals surface area (Å²) < 4.78 is 41.4. The lowest BCUT2D eigenvalue weighted by molar-refractivity contribution is -0.133. The van der Waals surface area contributed by atoms with Crippen LogP contribution in [0.1, 0.15) is 12.8 Å². The van der Waals surface area contributed by atoms with Crippen LogP contribution in [-0.2, 0) is 14.8 Å². The van der Waals surface area contributed by atoms with Crippen molar-refractivity contribution >= 4 is 26.7 Å². The highest BCUT2D eigenvalue weighted by Crippen LogP contribution is 2.32. The van der Waals surface area contributed by atoms with E-state index in [-0.39, 0.29) is 29.8 Å². The molecule has 2 aliphatic rings. The van der Waals surface area contributed by atoms with Crippen molar-refractivity contribution in [2.24, 2.45) is 5.92 Å². The number of hydrogen-bond donors (Lipinski definition) is 0. The Kier molecular flexibility index (Phi) is 4.00. The van der Waals surface area contributed by atoms with Crippen LogP contribution in [0.5, 0.6) is 0 Å². The van der Waals surface area contributed by atoms with Crippen LogP contribution in [0.15, 0.2) is 41.3 Å². The van der Waals surface area contributed by atoms with E-state index in [0.717, 1.165) is 12.8 Å². The maximum atomic E-state index is 14.0. The first-order valence-electron chi connectivity index (χ1n) is 8.44. The van der Waals surface area contributed by atoms with E-state index in [9.17, 15) is 17.6 Å². The van der Waals surface area contributed by atoms with Crippen molar-refractivity contribution in [2.75, 3.05) is 26.2 Å². The molecule has 0 unspecified atom stereocenters. The van der Waals surface area contributed by atoms with E-state index in [0.29, 0.717) is 23.9 Å². The molecule has 0 spiro atoms. The molecule has 7 heteroatoms. The van der Waals surface area contributed by atoms with Gasteiger partial charge < -0.3 is 4.90 Å². The van der Waals surface area contributed by atoms with Crippen LogP contribution < -0.4 is 0 Å². The third-order valence-corrected chi connectivity index (χ3v) is 6.88. The maximum Gasteiger partial charge on any atom is 0.243 e. The molecule has 2 fully saturated rings. The van der Waals surface area contributed by atoms with Gasteiger partial charge in [-0.05, 0) is 25.0 Å². The average Bonchev–Trinajstić information content (AvgIpc) is 3.47. The quantitative estimate of drug-likeness (QED) is 0.841. The number of carbonyl (C=O) groups excluding carboxylic acids is 1. The number of nitrogens with zero attached hydrogens (tertiary/aromatic N) is 2. The molecule has 25 heavy (non-hydrogen) atoms. The molecule has 132 valence electrons. The zero-order chi connectivity index (χ0) is 17.6. The van der Waals surface area contributed by atoms with Gasteiger partial charge in [-0.3, -0.25) is 4.79 Å². The Morgan fingerprint density at radius 2 is 1.60 bits per heavy atom. The zero-order valence-corrected chi connectivity index (χ0v) is 14.5. The minimum absolute atomic E-state index is 0.117. The standard InChI is InChI=1S/C18H19FN2O3S/c19-16-7-8-17(15-4-2-1-3-14(15)16)25(23,24)21-11-9-20(10-12-21)18(22)13-5-6-13/h1-4,7-8,13H,5-6,9-12H2. The summed E-state index contributed by atoms with van der Waals surface area (Å²) in [5.74, 6) is -0.150. The molecule has 1 heterocycles. The Bertz CT molecular complexity index is 932. The van der Waals surface area contributed by atoms with E-state index >= 15 is 0 Å². The molecule has 1 saturated heterocycles. The van der Waals surface area contributed by atoms with Gasteiger partial charge in [-0.2, -0.15) is 4.31 Å². The van der Waals surface area contributed by atoms with Crippen LogP contribution in [0.3, 0.4) is 0 Å². The molecule has 1 aliphatic heterocycles. The lowest BCUT2D eigenvalue weighted by Gasteiger charge is -2.34. The Balaban J connectivity index is 1.61. The van der Waals surface area contributed by atoms with Gasteiger partial charge in [0.25, 0.3) is 0 Å². The topological polar surface area (TPSA) is 57.7 Å². The number of carbonyl (C=O) groups is 1. The second kappa shape index (κ2) is 6.07. The molecule has 1 amide bonds. The van der Waals surface area contributed by atoms with Gasteiger partial charge in [-0.15, -0.1) is 0 Å². The van der Waals surface area contributed by atoms with E-state index in [1.54, 1.807) is 29.2 Å². The first-order valence-corrected chi connectivity index (χ1v) is 9.88. The summed E-state index contributed by atoms with van der Waals surface area (Å²) in [6, 6.07) is 9.11. The summed E-state index contributed by atoms with van der Waals surface area (Å²) in [6.45, 7) is 1.36. The number of rotatable bonds is 3. The van der Waals surface area contributed by atoms with Crippen LogP contribution in [0.4, 0.5) is 4.39 Å². The summed E-state index contributed by atoms with van der Waals surface area (Å²) in [7, 11) is -3.73. The Labute approximate surface area is 146 Å². The fraction of sp³-hybridized carbons (Fsp3) is 0.389. The van der Waals surface area contributed by atoms with Crippen molar-refractivity contribution in [1.29, 1.82) is 0 Å². The molecule has 0 aromatic heterocycles. The number of hydrogen-bond acceptors (Lipinski definition) is 3. The molecule has 5 nitrogen and oxygen atoms in total. The van der Waals surface area contributed by atoms with Gasteiger partial charge in [0.2, 0.25) is 15.9 Å². The molecule has 0 radical (unpaired) electrons. The van der Waals surface area contributed by atoms with Crippen molar-refractivity contribution in [2.45, 2.75) is 17.7 Å². The Morgan fingerprint density at radius 3 is 2.24 bits per heavy atom. The highest BCUT2D eigenvalue weighted by atomic mass is 32.2. The third kappa shape index (κ3) is 2.91. The molecule has 0 bridgehead atoms. The van der Waals surface area contributed by atoms with Crippen molar-refractivity contribution < 1.29 is 17.6 Å². The molecule has 0 N–H and O–H groups in total. The lowest BCUT2D eigenvalue weighted by Crippen LogP contribution is -2.50. The normalized spacial score (nSPS) is 19.3. The molecular formula is C18H19FN2O3S. The van der Waals surface area contributed by atoms with Gasteiger partial charge in [0, 0.05) is 42.9 Å². The summed E-state index contributed by atoms with van der Waals surface area (Å²) in [5, 5.41) is 0.685. The third-order valence-electron chi connectivity index (χ3n) is 4.93. The van der Waals surface area contributed by atoms with Crippen LogP contribution in [0.25, 0.3) is 10.8 Å². The minimum atomic E-state index is -3.73. The van der Waals surface area contributed by atoms with Crippen LogP contribution >= 0.6 is 0 Å². The molecule has 4 rings (SSSR count). The van der Waals surface area contributed by atoms with E-state index < -0.39 is 15.8 Å². The van der Waals surface area contributed by atoms with E-state index in [2.05, 4.69) is 0 Å². The summed E-state index contributed by atoms with van der Waals surface area (Å²) in [5.41, 5.74) is 0. The number of halogens is 1. The Hall–Kier alpha value is -1.99. The summed E-state index contributed by atoms with van der Waals surface area (Å²) >= 11 is 0. The van der Waals surface area contributed by atoms with Gasteiger partial charge in [0.1, 0.15) is 5.82 Å². The molecule has 0 atom stereocenters. The molecule has 2 aromatic carbocycles. The number of benzene rings is 2. The summed E-state index contributed by atoms with van der Waals surface area (Å²) in [4.78, 5) is 14.0. The molecule has 1 saturated carbocycles. The van der Waals surface area contributed by atoms with Crippen molar-refractivity contribution in [1.82, 2.24) is 9.21 Å². The van der Waals surface area contributed by atoms with Gasteiger partial charge in [0.15, 0.2) is 0 Å². The average molecular weight is 362 g/mol. The SMILES string of the molecule is O=C(C1CC1)N1CCN(S(=O)(=O)c2ccc(F)c3ccccc23)CC1. The maximum absolute atomic E-state index is 14.0. The molecular weight excluding hydrogens is 343 g/mol. The van der Waals surface area contributed by atoms with Gasteiger partial charge in [-0.1, -0.05) is 24.3 Å². The van der Waals surface area contributed by atoms with E-state index in [4.69, 9.17) is 0 Å². The van der Waals surface area contributed by atoms with Crippen molar-refractivity contribution in [3.05, 3.63) is 42.2 Å². The van der Waals surface area contributed by atoms with Crippen molar-refractivity contribution in [3.8, 4) is 0 Å².